The molecule has 0 saturated heterocycles. The second-order valence-corrected chi connectivity index (χ2v) is 6.74. The number of hydrogen-bond donors (Lipinski definition) is 1. The Hall–Kier alpha value is -2.66. The molecule has 128 valence electrons. The van der Waals surface area contributed by atoms with Gasteiger partial charge in [0.2, 0.25) is 0 Å². The molecule has 0 fully saturated rings. The van der Waals surface area contributed by atoms with Gasteiger partial charge in [-0.15, -0.1) is 0 Å². The Morgan fingerprint density at radius 3 is 2.80 bits per heavy atom. The first kappa shape index (κ1) is 15.8. The summed E-state index contributed by atoms with van der Waals surface area (Å²) in [5.41, 5.74) is 6.38. The summed E-state index contributed by atoms with van der Waals surface area (Å²) in [5.74, 6) is -0.842. The number of carbonyl (C=O) groups is 1. The maximum atomic E-state index is 11.3. The molecule has 0 amide bonds. The number of carboxylic acid groups (broad SMARTS) is 1. The standard InChI is InChI=1S/C20H21N3O2/c1-14-6-7-19-21-17(10-20(24)25)18(23(19)11-14)13-22-9-8-15-4-2-3-5-16(15)12-22/h2-7,11H,8-10,12-13H2,1H3,(H,24,25). The monoisotopic (exact) mass is 335 g/mol. The highest BCUT2D eigenvalue weighted by Gasteiger charge is 2.21. The van der Waals surface area contributed by atoms with E-state index in [4.69, 9.17) is 0 Å². The average Bonchev–Trinajstić information content (AvgIpc) is 2.91. The molecule has 0 bridgehead atoms. The molecular weight excluding hydrogens is 314 g/mol. The van der Waals surface area contributed by atoms with Gasteiger partial charge in [0.05, 0.1) is 17.8 Å². The Bertz CT molecular complexity index is 945. The molecule has 0 saturated carbocycles. The fraction of sp³-hybridized carbons (Fsp3) is 0.300. The molecule has 5 heteroatoms. The van der Waals surface area contributed by atoms with Crippen molar-refractivity contribution in [1.29, 1.82) is 0 Å². The number of pyridine rings is 1. The van der Waals surface area contributed by atoms with Gasteiger partial charge in [-0.2, -0.15) is 0 Å². The lowest BCUT2D eigenvalue weighted by atomic mass is 10.00. The van der Waals surface area contributed by atoms with Gasteiger partial charge < -0.3 is 9.51 Å². The minimum Gasteiger partial charge on any atom is -0.481 e. The molecule has 0 radical (unpaired) electrons. The summed E-state index contributed by atoms with van der Waals surface area (Å²) < 4.78 is 2.05. The zero-order valence-corrected chi connectivity index (χ0v) is 14.3. The van der Waals surface area contributed by atoms with Gasteiger partial charge in [-0.3, -0.25) is 9.69 Å². The van der Waals surface area contributed by atoms with Crippen LogP contribution < -0.4 is 0 Å². The smallest absolute Gasteiger partial charge is 0.309 e. The Morgan fingerprint density at radius 1 is 1.20 bits per heavy atom. The van der Waals surface area contributed by atoms with Crippen molar-refractivity contribution in [3.8, 4) is 0 Å². The van der Waals surface area contributed by atoms with Crippen molar-refractivity contribution >= 4 is 11.6 Å². The minimum absolute atomic E-state index is 0.0412. The number of rotatable bonds is 4. The molecule has 3 aromatic rings. The third-order valence-corrected chi connectivity index (χ3v) is 4.85. The van der Waals surface area contributed by atoms with Crippen LogP contribution in [0.15, 0.2) is 42.6 Å². The van der Waals surface area contributed by atoms with Gasteiger partial charge in [0, 0.05) is 25.8 Å². The number of aryl methyl sites for hydroxylation is 1. The molecule has 0 atom stereocenters. The minimum atomic E-state index is -0.842. The van der Waals surface area contributed by atoms with Crippen molar-refractivity contribution in [3.05, 3.63) is 70.7 Å². The van der Waals surface area contributed by atoms with E-state index in [0.717, 1.165) is 36.4 Å². The molecule has 5 nitrogen and oxygen atoms in total. The zero-order valence-electron chi connectivity index (χ0n) is 14.3. The zero-order chi connectivity index (χ0) is 17.4. The largest absolute Gasteiger partial charge is 0.481 e. The van der Waals surface area contributed by atoms with Gasteiger partial charge in [-0.05, 0) is 36.1 Å². The van der Waals surface area contributed by atoms with Crippen LogP contribution >= 0.6 is 0 Å². The third kappa shape index (κ3) is 3.15. The Kier molecular flexibility index (Phi) is 4.01. The van der Waals surface area contributed by atoms with Crippen LogP contribution in [0.25, 0.3) is 5.65 Å². The van der Waals surface area contributed by atoms with Gasteiger partial charge in [0.15, 0.2) is 0 Å². The molecular formula is C20H21N3O2. The molecule has 2 aromatic heterocycles. The second-order valence-electron chi connectivity index (χ2n) is 6.74. The summed E-state index contributed by atoms with van der Waals surface area (Å²) in [6.45, 7) is 4.61. The van der Waals surface area contributed by atoms with Crippen LogP contribution in [0.5, 0.6) is 0 Å². The highest BCUT2D eigenvalue weighted by molar-refractivity contribution is 5.70. The van der Waals surface area contributed by atoms with Crippen LogP contribution in [0, 0.1) is 6.92 Å². The topological polar surface area (TPSA) is 57.8 Å². The lowest BCUT2D eigenvalue weighted by Gasteiger charge is -2.28. The maximum absolute atomic E-state index is 11.3. The quantitative estimate of drug-likeness (QED) is 0.796. The van der Waals surface area contributed by atoms with E-state index in [-0.39, 0.29) is 6.42 Å². The van der Waals surface area contributed by atoms with E-state index in [1.807, 2.05) is 29.7 Å². The molecule has 4 rings (SSSR count). The maximum Gasteiger partial charge on any atom is 0.309 e. The van der Waals surface area contributed by atoms with Crippen molar-refractivity contribution in [2.24, 2.45) is 0 Å². The molecule has 3 heterocycles. The van der Waals surface area contributed by atoms with E-state index in [0.29, 0.717) is 12.2 Å². The summed E-state index contributed by atoms with van der Waals surface area (Å²) in [6, 6.07) is 12.5. The van der Waals surface area contributed by atoms with Crippen LogP contribution in [0.1, 0.15) is 28.1 Å². The number of nitrogens with zero attached hydrogens (tertiary/aromatic N) is 3. The highest BCUT2D eigenvalue weighted by Crippen LogP contribution is 2.23. The number of benzene rings is 1. The molecule has 0 unspecified atom stereocenters. The molecule has 25 heavy (non-hydrogen) atoms. The van der Waals surface area contributed by atoms with Gasteiger partial charge in [0.25, 0.3) is 0 Å². The predicted octanol–water partition coefficient (Wildman–Crippen LogP) is 2.83. The highest BCUT2D eigenvalue weighted by atomic mass is 16.4. The van der Waals surface area contributed by atoms with Crippen LogP contribution in [-0.4, -0.2) is 31.9 Å². The number of fused-ring (bicyclic) bond motifs is 2. The van der Waals surface area contributed by atoms with Crippen molar-refractivity contribution in [2.75, 3.05) is 6.54 Å². The lowest BCUT2D eigenvalue weighted by Crippen LogP contribution is -2.31. The molecule has 1 aliphatic rings. The normalized spacial score (nSPS) is 14.6. The SMILES string of the molecule is Cc1ccc2nc(CC(=O)O)c(CN3CCc4ccccc4C3)n2c1. The second kappa shape index (κ2) is 6.33. The Labute approximate surface area is 146 Å². The van der Waals surface area contributed by atoms with Gasteiger partial charge in [0.1, 0.15) is 5.65 Å². The Balaban J connectivity index is 1.68. The molecule has 1 aromatic carbocycles. The van der Waals surface area contributed by atoms with E-state index < -0.39 is 5.97 Å². The van der Waals surface area contributed by atoms with Crippen molar-refractivity contribution < 1.29 is 9.90 Å². The number of aromatic nitrogens is 2. The van der Waals surface area contributed by atoms with Crippen LogP contribution in [-0.2, 0) is 30.7 Å². The van der Waals surface area contributed by atoms with Crippen molar-refractivity contribution in [2.45, 2.75) is 32.9 Å². The number of hydrogen-bond acceptors (Lipinski definition) is 3. The first-order chi connectivity index (χ1) is 12.1. The summed E-state index contributed by atoms with van der Waals surface area (Å²) in [4.78, 5) is 18.2. The van der Waals surface area contributed by atoms with E-state index >= 15 is 0 Å². The lowest BCUT2D eigenvalue weighted by molar-refractivity contribution is -0.136. The number of aliphatic carboxylic acids is 1. The first-order valence-corrected chi connectivity index (χ1v) is 8.57. The summed E-state index contributed by atoms with van der Waals surface area (Å²) in [7, 11) is 0. The molecule has 1 N–H and O–H groups in total. The van der Waals surface area contributed by atoms with Crippen LogP contribution in [0.3, 0.4) is 0 Å². The van der Waals surface area contributed by atoms with E-state index in [1.165, 1.54) is 11.1 Å². The van der Waals surface area contributed by atoms with E-state index in [1.54, 1.807) is 0 Å². The van der Waals surface area contributed by atoms with Crippen molar-refractivity contribution in [3.63, 3.8) is 0 Å². The van der Waals surface area contributed by atoms with Gasteiger partial charge in [-0.1, -0.05) is 30.3 Å². The van der Waals surface area contributed by atoms with E-state index in [2.05, 4.69) is 34.1 Å². The number of imidazole rings is 1. The predicted molar refractivity (Wildman–Crippen MR) is 95.5 cm³/mol. The third-order valence-electron chi connectivity index (χ3n) is 4.85. The summed E-state index contributed by atoms with van der Waals surface area (Å²) in [5, 5.41) is 9.24. The molecule has 0 spiro atoms. The van der Waals surface area contributed by atoms with E-state index in [9.17, 15) is 9.90 Å². The molecule has 1 aliphatic heterocycles. The average molecular weight is 335 g/mol. The summed E-state index contributed by atoms with van der Waals surface area (Å²) >= 11 is 0. The van der Waals surface area contributed by atoms with Crippen LogP contribution in [0.2, 0.25) is 0 Å². The fourth-order valence-corrected chi connectivity index (χ4v) is 3.60. The fourth-order valence-electron chi connectivity index (χ4n) is 3.60. The van der Waals surface area contributed by atoms with Crippen LogP contribution in [0.4, 0.5) is 0 Å². The Morgan fingerprint density at radius 2 is 2.00 bits per heavy atom. The van der Waals surface area contributed by atoms with Gasteiger partial charge in [-0.25, -0.2) is 4.98 Å². The number of carboxylic acids is 1. The summed E-state index contributed by atoms with van der Waals surface area (Å²) in [6.07, 6.45) is 3.03. The van der Waals surface area contributed by atoms with Gasteiger partial charge >= 0.3 is 5.97 Å². The first-order valence-electron chi connectivity index (χ1n) is 8.57. The molecule has 0 aliphatic carbocycles. The van der Waals surface area contributed by atoms with Crippen molar-refractivity contribution in [1.82, 2.24) is 14.3 Å².